The number of carbonyl (C=O) groups is 2. The molecule has 0 bridgehead atoms. The highest BCUT2D eigenvalue weighted by atomic mass is 79.9. The SMILES string of the molecule is CCOc1ccc(C2=N/C(=C\c3cc(Br)ccc3OC(=O)c3ccc([N+](=O)[O-])cc3)C(=O)O2)cc1OCC. The maximum atomic E-state index is 12.7. The highest BCUT2D eigenvalue weighted by molar-refractivity contribution is 9.10. The molecule has 0 aliphatic carbocycles. The number of esters is 2. The Kier molecular flexibility index (Phi) is 8.17. The minimum absolute atomic E-state index is 0.00224. The summed E-state index contributed by atoms with van der Waals surface area (Å²) < 4.78 is 22.8. The van der Waals surface area contributed by atoms with E-state index < -0.39 is 16.9 Å². The van der Waals surface area contributed by atoms with Gasteiger partial charge in [0.15, 0.2) is 17.2 Å². The van der Waals surface area contributed by atoms with Crippen molar-refractivity contribution in [1.82, 2.24) is 0 Å². The molecule has 0 aromatic heterocycles. The third-order valence-electron chi connectivity index (χ3n) is 5.19. The third kappa shape index (κ3) is 6.06. The number of cyclic esters (lactones) is 1. The summed E-state index contributed by atoms with van der Waals surface area (Å²) in [6.07, 6.45) is 1.44. The number of nitrogens with zero attached hydrogens (tertiary/aromatic N) is 2. The molecule has 1 aliphatic heterocycles. The zero-order valence-corrected chi connectivity index (χ0v) is 21.9. The first kappa shape index (κ1) is 26.6. The van der Waals surface area contributed by atoms with E-state index in [4.69, 9.17) is 18.9 Å². The summed E-state index contributed by atoms with van der Waals surface area (Å²) in [6.45, 7) is 4.60. The molecule has 0 radical (unpaired) electrons. The van der Waals surface area contributed by atoms with E-state index in [1.807, 2.05) is 13.8 Å². The van der Waals surface area contributed by atoms with Crippen LogP contribution in [0.4, 0.5) is 5.69 Å². The van der Waals surface area contributed by atoms with E-state index in [-0.39, 0.29) is 28.6 Å². The van der Waals surface area contributed by atoms with Gasteiger partial charge in [-0.05, 0) is 68.5 Å². The van der Waals surface area contributed by atoms with Crippen molar-refractivity contribution in [2.45, 2.75) is 13.8 Å². The second-order valence-corrected chi connectivity index (χ2v) is 8.65. The number of benzene rings is 3. The lowest BCUT2D eigenvalue weighted by Crippen LogP contribution is -2.09. The maximum absolute atomic E-state index is 12.7. The molecule has 3 aromatic carbocycles. The number of aliphatic imine (C=N–C) groups is 1. The van der Waals surface area contributed by atoms with Crippen LogP contribution < -0.4 is 14.2 Å². The van der Waals surface area contributed by atoms with Crippen molar-refractivity contribution >= 4 is 45.5 Å². The standard InChI is InChI=1S/C27H21BrN2O8/c1-3-35-23-11-7-17(15-24(23)36-4-2)25-29-21(27(32)38-25)14-18-13-19(28)8-12-22(18)37-26(31)16-5-9-20(10-6-16)30(33)34/h5-15H,3-4H2,1-2H3/b21-14-. The van der Waals surface area contributed by atoms with Crippen LogP contribution in [-0.2, 0) is 9.53 Å². The van der Waals surface area contributed by atoms with E-state index in [0.29, 0.717) is 40.3 Å². The van der Waals surface area contributed by atoms with Crippen LogP contribution in [0.5, 0.6) is 17.2 Å². The Morgan fingerprint density at radius 2 is 1.68 bits per heavy atom. The van der Waals surface area contributed by atoms with E-state index in [2.05, 4.69) is 20.9 Å². The number of non-ortho nitro benzene ring substituents is 1. The molecule has 0 saturated heterocycles. The molecule has 0 fully saturated rings. The summed E-state index contributed by atoms with van der Waals surface area (Å²) in [4.78, 5) is 39.9. The number of hydrogen-bond acceptors (Lipinski definition) is 9. The number of rotatable bonds is 9. The van der Waals surface area contributed by atoms with E-state index in [0.717, 1.165) is 0 Å². The molecular formula is C27H21BrN2O8. The van der Waals surface area contributed by atoms with Crippen LogP contribution in [-0.4, -0.2) is 36.0 Å². The molecule has 0 atom stereocenters. The molecule has 0 amide bonds. The Bertz CT molecular complexity index is 1460. The van der Waals surface area contributed by atoms with E-state index >= 15 is 0 Å². The Balaban J connectivity index is 1.62. The Labute approximate surface area is 225 Å². The lowest BCUT2D eigenvalue weighted by Gasteiger charge is -2.11. The summed E-state index contributed by atoms with van der Waals surface area (Å²) in [5.41, 5.74) is 0.877. The summed E-state index contributed by atoms with van der Waals surface area (Å²) >= 11 is 3.37. The second-order valence-electron chi connectivity index (χ2n) is 7.74. The Morgan fingerprint density at radius 1 is 1.00 bits per heavy atom. The van der Waals surface area contributed by atoms with Crippen molar-refractivity contribution in [3.05, 3.63) is 97.6 Å². The monoisotopic (exact) mass is 580 g/mol. The van der Waals surface area contributed by atoms with Gasteiger partial charge in [-0.1, -0.05) is 15.9 Å². The van der Waals surface area contributed by atoms with Crippen molar-refractivity contribution in [1.29, 1.82) is 0 Å². The Hall–Kier alpha value is -4.51. The molecule has 194 valence electrons. The quantitative estimate of drug-likeness (QED) is 0.103. The smallest absolute Gasteiger partial charge is 0.363 e. The lowest BCUT2D eigenvalue weighted by atomic mass is 10.1. The van der Waals surface area contributed by atoms with E-state index in [9.17, 15) is 19.7 Å². The fourth-order valence-corrected chi connectivity index (χ4v) is 3.85. The first-order chi connectivity index (χ1) is 18.3. The van der Waals surface area contributed by atoms with Gasteiger partial charge in [0.25, 0.3) is 5.69 Å². The van der Waals surface area contributed by atoms with Gasteiger partial charge in [0, 0.05) is 27.7 Å². The average Bonchev–Trinajstić information content (AvgIpc) is 3.26. The molecule has 1 aliphatic rings. The normalized spacial score (nSPS) is 13.6. The highest BCUT2D eigenvalue weighted by Crippen LogP contribution is 2.32. The maximum Gasteiger partial charge on any atom is 0.363 e. The number of carbonyl (C=O) groups excluding carboxylic acids is 2. The molecule has 0 unspecified atom stereocenters. The first-order valence-electron chi connectivity index (χ1n) is 11.5. The first-order valence-corrected chi connectivity index (χ1v) is 12.3. The van der Waals surface area contributed by atoms with Crippen molar-refractivity contribution in [2.75, 3.05) is 13.2 Å². The largest absolute Gasteiger partial charge is 0.490 e. The van der Waals surface area contributed by atoms with E-state index in [1.165, 1.54) is 30.3 Å². The summed E-state index contributed by atoms with van der Waals surface area (Å²) in [6, 6.07) is 15.0. The van der Waals surface area contributed by atoms with Crippen LogP contribution in [0.25, 0.3) is 6.08 Å². The minimum atomic E-state index is -0.724. The van der Waals surface area contributed by atoms with Crippen LogP contribution in [0, 0.1) is 10.1 Å². The molecule has 10 nitrogen and oxygen atoms in total. The van der Waals surface area contributed by atoms with Gasteiger partial charge in [0.1, 0.15) is 5.75 Å². The minimum Gasteiger partial charge on any atom is -0.490 e. The van der Waals surface area contributed by atoms with Crippen LogP contribution in [0.3, 0.4) is 0 Å². The zero-order valence-electron chi connectivity index (χ0n) is 20.3. The molecule has 0 N–H and O–H groups in total. The average molecular weight is 581 g/mol. The van der Waals surface area contributed by atoms with Crippen molar-refractivity contribution in [3.8, 4) is 17.2 Å². The van der Waals surface area contributed by atoms with Crippen molar-refractivity contribution in [3.63, 3.8) is 0 Å². The molecule has 4 rings (SSSR count). The number of nitro groups is 1. The topological polar surface area (TPSA) is 127 Å². The van der Waals surface area contributed by atoms with Gasteiger partial charge in [0.2, 0.25) is 5.90 Å². The van der Waals surface area contributed by atoms with E-state index in [1.54, 1.807) is 36.4 Å². The zero-order chi connectivity index (χ0) is 27.2. The molecule has 3 aromatic rings. The fourth-order valence-electron chi connectivity index (χ4n) is 3.47. The summed E-state index contributed by atoms with van der Waals surface area (Å²) in [5, 5.41) is 10.9. The second kappa shape index (κ2) is 11.7. The fraction of sp³-hybridized carbons (Fsp3) is 0.148. The Morgan fingerprint density at radius 3 is 2.37 bits per heavy atom. The van der Waals surface area contributed by atoms with Gasteiger partial charge in [-0.25, -0.2) is 14.6 Å². The van der Waals surface area contributed by atoms with Gasteiger partial charge in [0.05, 0.1) is 23.7 Å². The molecular weight excluding hydrogens is 560 g/mol. The summed E-state index contributed by atoms with van der Waals surface area (Å²) in [5.74, 6) is -0.106. The number of ether oxygens (including phenoxy) is 4. The number of nitro benzene ring substituents is 1. The molecule has 0 spiro atoms. The van der Waals surface area contributed by atoms with Gasteiger partial charge < -0.3 is 18.9 Å². The predicted molar refractivity (Wildman–Crippen MR) is 142 cm³/mol. The van der Waals surface area contributed by atoms with Gasteiger partial charge in [-0.2, -0.15) is 0 Å². The number of hydrogen-bond donors (Lipinski definition) is 0. The molecule has 1 heterocycles. The predicted octanol–water partition coefficient (Wildman–Crippen LogP) is 5.72. The van der Waals surface area contributed by atoms with Gasteiger partial charge >= 0.3 is 11.9 Å². The summed E-state index contributed by atoms with van der Waals surface area (Å²) in [7, 11) is 0. The van der Waals surface area contributed by atoms with Gasteiger partial charge in [-0.3, -0.25) is 10.1 Å². The molecule has 0 saturated carbocycles. The van der Waals surface area contributed by atoms with Crippen LogP contribution >= 0.6 is 15.9 Å². The third-order valence-corrected chi connectivity index (χ3v) is 5.68. The molecule has 11 heteroatoms. The number of halogens is 1. The lowest BCUT2D eigenvalue weighted by molar-refractivity contribution is -0.384. The van der Waals surface area contributed by atoms with Crippen LogP contribution in [0.15, 0.2) is 75.8 Å². The van der Waals surface area contributed by atoms with Crippen molar-refractivity contribution in [2.24, 2.45) is 4.99 Å². The van der Waals surface area contributed by atoms with Gasteiger partial charge in [-0.15, -0.1) is 0 Å². The van der Waals surface area contributed by atoms with Crippen LogP contribution in [0.2, 0.25) is 0 Å². The molecule has 38 heavy (non-hydrogen) atoms. The highest BCUT2D eigenvalue weighted by Gasteiger charge is 2.26. The van der Waals surface area contributed by atoms with Crippen LogP contribution in [0.1, 0.15) is 35.3 Å². The van der Waals surface area contributed by atoms with Crippen molar-refractivity contribution < 1.29 is 33.5 Å².